The first-order valence-corrected chi connectivity index (χ1v) is 6.81. The molecule has 1 atom stereocenters. The highest BCUT2D eigenvalue weighted by Gasteiger charge is 2.29. The van der Waals surface area contributed by atoms with Crippen LogP contribution in [0.4, 0.5) is 13.2 Å². The Labute approximate surface area is 114 Å². The fourth-order valence-corrected chi connectivity index (χ4v) is 2.45. The van der Waals surface area contributed by atoms with E-state index in [9.17, 15) is 18.0 Å². The Balaban J connectivity index is 2.45. The van der Waals surface area contributed by atoms with Crippen molar-refractivity contribution in [3.63, 3.8) is 0 Å². The normalized spacial score (nSPS) is 13.1. The number of alkyl halides is 3. The summed E-state index contributed by atoms with van der Waals surface area (Å²) in [6, 6.07) is 5.05. The molecule has 6 heteroatoms. The first-order chi connectivity index (χ1) is 8.84. The third-order valence-electron chi connectivity index (χ3n) is 2.52. The lowest BCUT2D eigenvalue weighted by Crippen LogP contribution is -2.14. The largest absolute Gasteiger partial charge is 0.469 e. The Morgan fingerprint density at radius 3 is 2.37 bits per heavy atom. The van der Waals surface area contributed by atoms with Gasteiger partial charge in [-0.1, -0.05) is 19.1 Å². The van der Waals surface area contributed by atoms with Crippen molar-refractivity contribution in [3.05, 3.63) is 35.4 Å². The summed E-state index contributed by atoms with van der Waals surface area (Å²) in [6.07, 6.45) is -4.30. The van der Waals surface area contributed by atoms with Crippen molar-refractivity contribution >= 4 is 17.7 Å². The van der Waals surface area contributed by atoms with Gasteiger partial charge in [-0.25, -0.2) is 0 Å². The minimum Gasteiger partial charge on any atom is -0.469 e. The Morgan fingerprint density at radius 1 is 1.32 bits per heavy atom. The zero-order valence-corrected chi connectivity index (χ0v) is 11.5. The van der Waals surface area contributed by atoms with Crippen LogP contribution in [-0.2, 0) is 21.5 Å². The molecule has 0 bridgehead atoms. The molecule has 0 saturated carbocycles. The first-order valence-electron chi connectivity index (χ1n) is 5.66. The van der Waals surface area contributed by atoms with Crippen LogP contribution in [0.5, 0.6) is 0 Å². The summed E-state index contributed by atoms with van der Waals surface area (Å²) in [5.74, 6) is 0.650. The number of benzene rings is 1. The first kappa shape index (κ1) is 15.9. The maximum atomic E-state index is 12.3. The molecule has 0 saturated heterocycles. The number of hydrogen-bond acceptors (Lipinski definition) is 3. The van der Waals surface area contributed by atoms with E-state index in [-0.39, 0.29) is 11.9 Å². The smallest absolute Gasteiger partial charge is 0.416 e. The van der Waals surface area contributed by atoms with E-state index in [4.69, 9.17) is 0 Å². The van der Waals surface area contributed by atoms with Crippen molar-refractivity contribution in [3.8, 4) is 0 Å². The molecule has 0 amide bonds. The molecule has 2 nitrogen and oxygen atoms in total. The van der Waals surface area contributed by atoms with Crippen molar-refractivity contribution in [1.82, 2.24) is 0 Å². The monoisotopic (exact) mass is 292 g/mol. The average Bonchev–Trinajstić information content (AvgIpc) is 2.37. The van der Waals surface area contributed by atoms with Crippen LogP contribution in [0, 0.1) is 5.92 Å². The molecule has 0 spiro atoms. The number of carbonyl (C=O) groups is 1. The zero-order chi connectivity index (χ0) is 14.5. The van der Waals surface area contributed by atoms with Crippen LogP contribution in [-0.4, -0.2) is 18.8 Å². The van der Waals surface area contributed by atoms with Gasteiger partial charge in [-0.05, 0) is 17.7 Å². The van der Waals surface area contributed by atoms with E-state index in [0.717, 1.165) is 17.7 Å². The number of rotatable bonds is 5. The number of halogens is 3. The molecule has 1 rings (SSSR count). The van der Waals surface area contributed by atoms with Gasteiger partial charge in [0.1, 0.15) is 0 Å². The van der Waals surface area contributed by atoms with Crippen molar-refractivity contribution in [2.45, 2.75) is 18.9 Å². The SMILES string of the molecule is COC(=O)C(C)CSCc1ccc(C(F)(F)F)cc1. The zero-order valence-electron chi connectivity index (χ0n) is 10.7. The van der Waals surface area contributed by atoms with Crippen molar-refractivity contribution in [1.29, 1.82) is 0 Å². The van der Waals surface area contributed by atoms with E-state index >= 15 is 0 Å². The lowest BCUT2D eigenvalue weighted by molar-refractivity contribution is -0.144. The van der Waals surface area contributed by atoms with Gasteiger partial charge in [0.25, 0.3) is 0 Å². The van der Waals surface area contributed by atoms with E-state index in [0.29, 0.717) is 11.5 Å². The van der Waals surface area contributed by atoms with E-state index in [1.807, 2.05) is 0 Å². The molecule has 0 fully saturated rings. The lowest BCUT2D eigenvalue weighted by atomic mass is 10.1. The van der Waals surface area contributed by atoms with Gasteiger partial charge in [0.2, 0.25) is 0 Å². The predicted octanol–water partition coefficient (Wildman–Crippen LogP) is 3.75. The second-order valence-corrected chi connectivity index (χ2v) is 5.16. The molecule has 1 unspecified atom stereocenters. The fourth-order valence-electron chi connectivity index (χ4n) is 1.41. The van der Waals surface area contributed by atoms with Crippen LogP contribution in [0.25, 0.3) is 0 Å². The quantitative estimate of drug-likeness (QED) is 0.773. The maximum absolute atomic E-state index is 12.3. The number of thioether (sulfide) groups is 1. The predicted molar refractivity (Wildman–Crippen MR) is 68.8 cm³/mol. The highest BCUT2D eigenvalue weighted by atomic mass is 32.2. The van der Waals surface area contributed by atoms with Gasteiger partial charge in [-0.15, -0.1) is 0 Å². The molecule has 0 aliphatic carbocycles. The molecular formula is C13H15F3O2S. The summed E-state index contributed by atoms with van der Waals surface area (Å²) in [5.41, 5.74) is 0.152. The molecule has 19 heavy (non-hydrogen) atoms. The Bertz CT molecular complexity index is 415. The van der Waals surface area contributed by atoms with Gasteiger partial charge in [-0.2, -0.15) is 24.9 Å². The molecule has 0 heterocycles. The van der Waals surface area contributed by atoms with Crippen LogP contribution in [0.3, 0.4) is 0 Å². The van der Waals surface area contributed by atoms with Crippen molar-refractivity contribution in [2.24, 2.45) is 5.92 Å². The van der Waals surface area contributed by atoms with Gasteiger partial charge in [0.15, 0.2) is 0 Å². The van der Waals surface area contributed by atoms with Crippen LogP contribution < -0.4 is 0 Å². The van der Waals surface area contributed by atoms with Crippen molar-refractivity contribution in [2.75, 3.05) is 12.9 Å². The lowest BCUT2D eigenvalue weighted by Gasteiger charge is -2.09. The number of methoxy groups -OCH3 is 1. The Kier molecular flexibility index (Phi) is 5.72. The Morgan fingerprint density at radius 2 is 1.89 bits per heavy atom. The summed E-state index contributed by atoms with van der Waals surface area (Å²) >= 11 is 1.49. The van der Waals surface area contributed by atoms with E-state index < -0.39 is 11.7 Å². The highest BCUT2D eigenvalue weighted by Crippen LogP contribution is 2.29. The second kappa shape index (κ2) is 6.84. The maximum Gasteiger partial charge on any atom is 0.416 e. The summed E-state index contributed by atoms with van der Waals surface area (Å²) in [4.78, 5) is 11.1. The molecule has 0 aliphatic heterocycles. The highest BCUT2D eigenvalue weighted by molar-refractivity contribution is 7.98. The van der Waals surface area contributed by atoms with E-state index in [2.05, 4.69) is 4.74 Å². The van der Waals surface area contributed by atoms with Gasteiger partial charge in [0, 0.05) is 11.5 Å². The number of ether oxygens (including phenoxy) is 1. The molecular weight excluding hydrogens is 277 g/mol. The molecule has 1 aromatic rings. The fraction of sp³-hybridized carbons (Fsp3) is 0.462. The summed E-state index contributed by atoms with van der Waals surface area (Å²) in [5, 5.41) is 0. The molecule has 0 radical (unpaired) electrons. The van der Waals surface area contributed by atoms with Crippen LogP contribution >= 0.6 is 11.8 Å². The molecule has 1 aromatic carbocycles. The van der Waals surface area contributed by atoms with E-state index in [1.54, 1.807) is 6.92 Å². The van der Waals surface area contributed by atoms with E-state index in [1.165, 1.54) is 31.0 Å². The van der Waals surface area contributed by atoms with Gasteiger partial charge in [-0.3, -0.25) is 4.79 Å². The van der Waals surface area contributed by atoms with Crippen molar-refractivity contribution < 1.29 is 22.7 Å². The molecule has 0 N–H and O–H groups in total. The molecule has 106 valence electrons. The van der Waals surface area contributed by atoms with Crippen LogP contribution in [0.2, 0.25) is 0 Å². The molecule has 0 aliphatic rings. The van der Waals surface area contributed by atoms with Gasteiger partial charge < -0.3 is 4.74 Å². The number of carbonyl (C=O) groups excluding carboxylic acids is 1. The topological polar surface area (TPSA) is 26.3 Å². The number of esters is 1. The second-order valence-electron chi connectivity index (χ2n) is 4.13. The van der Waals surface area contributed by atoms with Crippen LogP contribution in [0.1, 0.15) is 18.1 Å². The summed E-state index contributed by atoms with van der Waals surface area (Å²) in [7, 11) is 1.33. The van der Waals surface area contributed by atoms with Crippen LogP contribution in [0.15, 0.2) is 24.3 Å². The Hall–Kier alpha value is -1.17. The minimum atomic E-state index is -4.30. The summed E-state index contributed by atoms with van der Waals surface area (Å²) in [6.45, 7) is 1.76. The van der Waals surface area contributed by atoms with Gasteiger partial charge >= 0.3 is 12.1 Å². The average molecular weight is 292 g/mol. The third kappa shape index (κ3) is 5.14. The summed E-state index contributed by atoms with van der Waals surface area (Å²) < 4.78 is 41.6. The van der Waals surface area contributed by atoms with Gasteiger partial charge in [0.05, 0.1) is 18.6 Å². The minimum absolute atomic E-state index is 0.218. The molecule has 0 aromatic heterocycles. The third-order valence-corrected chi connectivity index (χ3v) is 3.79. The number of hydrogen-bond donors (Lipinski definition) is 0. The standard InChI is InChI=1S/C13H15F3O2S/c1-9(12(17)18-2)7-19-8-10-3-5-11(6-4-10)13(14,15)16/h3-6,9H,7-8H2,1-2H3.